The summed E-state index contributed by atoms with van der Waals surface area (Å²) in [6.45, 7) is 0.767. The molecule has 2 rings (SSSR count). The first-order valence-electron chi connectivity index (χ1n) is 5.36. The van der Waals surface area contributed by atoms with Gasteiger partial charge in [0.15, 0.2) is 0 Å². The number of benzene rings is 1. The summed E-state index contributed by atoms with van der Waals surface area (Å²) in [6, 6.07) is 7.35. The monoisotopic (exact) mass is 275 g/mol. The Morgan fingerprint density at radius 3 is 2.88 bits per heavy atom. The highest BCUT2D eigenvalue weighted by atomic mass is 35.5. The summed E-state index contributed by atoms with van der Waals surface area (Å²) >= 11 is 5.90. The summed E-state index contributed by atoms with van der Waals surface area (Å²) in [4.78, 5) is 10.8. The largest absolute Gasteiger partial charge is 0.480 e. The van der Waals surface area contributed by atoms with Gasteiger partial charge < -0.3 is 10.4 Å². The van der Waals surface area contributed by atoms with Gasteiger partial charge in [0, 0.05) is 5.02 Å². The maximum Gasteiger partial charge on any atom is 0.320 e. The molecule has 2 N–H and O–H groups in total. The molecule has 1 saturated heterocycles. The smallest absolute Gasteiger partial charge is 0.320 e. The van der Waals surface area contributed by atoms with Crippen LogP contribution in [0.1, 0.15) is 12.0 Å². The van der Waals surface area contributed by atoms with Gasteiger partial charge in [-0.15, -0.1) is 12.4 Å². The van der Waals surface area contributed by atoms with E-state index in [2.05, 4.69) is 5.32 Å². The van der Waals surface area contributed by atoms with Crippen molar-refractivity contribution < 1.29 is 9.90 Å². The molecule has 17 heavy (non-hydrogen) atoms. The Bertz CT molecular complexity index is 398. The van der Waals surface area contributed by atoms with Gasteiger partial charge in [-0.25, -0.2) is 0 Å². The van der Waals surface area contributed by atoms with Crippen molar-refractivity contribution in [1.29, 1.82) is 0 Å². The van der Waals surface area contributed by atoms with Crippen LogP contribution in [0.3, 0.4) is 0 Å². The lowest BCUT2D eigenvalue weighted by atomic mass is 9.97. The second-order valence-electron chi connectivity index (χ2n) is 4.23. The van der Waals surface area contributed by atoms with Crippen LogP contribution in [0, 0.1) is 5.92 Å². The molecule has 5 heteroatoms. The first-order valence-corrected chi connectivity index (χ1v) is 5.73. The summed E-state index contributed by atoms with van der Waals surface area (Å²) in [7, 11) is 0. The Kier molecular flexibility index (Phi) is 5.25. The number of hydrogen-bond acceptors (Lipinski definition) is 2. The van der Waals surface area contributed by atoms with E-state index < -0.39 is 5.97 Å². The van der Waals surface area contributed by atoms with Crippen LogP contribution in [-0.4, -0.2) is 23.7 Å². The molecule has 1 fully saturated rings. The standard InChI is InChI=1S/C12H14ClNO2.ClH/c13-10-3-1-2-8(5-10)4-9-6-11(12(15)16)14-7-9;/h1-3,5,9,11,14H,4,6-7H2,(H,15,16);1H/t9?,11-;/m0./s1. The zero-order chi connectivity index (χ0) is 11.5. The molecular weight excluding hydrogens is 261 g/mol. The fraction of sp³-hybridized carbons (Fsp3) is 0.417. The minimum absolute atomic E-state index is 0. The molecule has 0 aliphatic carbocycles. The summed E-state index contributed by atoms with van der Waals surface area (Å²) in [5, 5.41) is 12.6. The number of rotatable bonds is 3. The van der Waals surface area contributed by atoms with Crippen LogP contribution >= 0.6 is 24.0 Å². The number of halogens is 2. The third-order valence-corrected chi connectivity index (χ3v) is 3.17. The molecule has 1 aromatic rings. The van der Waals surface area contributed by atoms with Crippen molar-refractivity contribution in [2.24, 2.45) is 5.92 Å². The topological polar surface area (TPSA) is 49.3 Å². The van der Waals surface area contributed by atoms with Gasteiger partial charge in [0.1, 0.15) is 6.04 Å². The van der Waals surface area contributed by atoms with E-state index in [9.17, 15) is 4.79 Å². The maximum atomic E-state index is 10.8. The highest BCUT2D eigenvalue weighted by Crippen LogP contribution is 2.21. The van der Waals surface area contributed by atoms with Crippen molar-refractivity contribution in [3.8, 4) is 0 Å². The number of nitrogens with one attached hydrogen (secondary N) is 1. The Labute approximate surface area is 112 Å². The molecule has 0 radical (unpaired) electrons. The number of aliphatic carboxylic acids is 1. The fourth-order valence-electron chi connectivity index (χ4n) is 2.15. The normalized spacial score (nSPS) is 23.1. The van der Waals surface area contributed by atoms with Gasteiger partial charge in [0.05, 0.1) is 0 Å². The second kappa shape index (κ2) is 6.24. The van der Waals surface area contributed by atoms with Crippen LogP contribution in [0.2, 0.25) is 5.02 Å². The van der Waals surface area contributed by atoms with E-state index in [-0.39, 0.29) is 18.4 Å². The Morgan fingerprint density at radius 1 is 1.53 bits per heavy atom. The average Bonchev–Trinajstić information content (AvgIpc) is 2.66. The zero-order valence-corrected chi connectivity index (χ0v) is 10.8. The van der Waals surface area contributed by atoms with E-state index in [1.54, 1.807) is 0 Å². The van der Waals surface area contributed by atoms with E-state index in [0.717, 1.165) is 18.0 Å². The molecule has 94 valence electrons. The SMILES string of the molecule is Cl.O=C(O)[C@@H]1CC(Cc2cccc(Cl)c2)CN1. The Hall–Kier alpha value is -0.770. The van der Waals surface area contributed by atoms with Gasteiger partial charge >= 0.3 is 5.97 Å². The van der Waals surface area contributed by atoms with Crippen molar-refractivity contribution >= 4 is 30.0 Å². The molecule has 1 aliphatic heterocycles. The highest BCUT2D eigenvalue weighted by molar-refractivity contribution is 6.30. The van der Waals surface area contributed by atoms with E-state index in [1.165, 1.54) is 5.56 Å². The third kappa shape index (κ3) is 3.87. The molecule has 0 spiro atoms. The van der Waals surface area contributed by atoms with Gasteiger partial charge in [0.25, 0.3) is 0 Å². The molecule has 3 nitrogen and oxygen atoms in total. The van der Waals surface area contributed by atoms with Crippen LogP contribution in [-0.2, 0) is 11.2 Å². The molecule has 1 aromatic carbocycles. The number of hydrogen-bond donors (Lipinski definition) is 2. The third-order valence-electron chi connectivity index (χ3n) is 2.93. The van der Waals surface area contributed by atoms with Crippen LogP contribution < -0.4 is 5.32 Å². The highest BCUT2D eigenvalue weighted by Gasteiger charge is 2.28. The van der Waals surface area contributed by atoms with Gasteiger partial charge in [-0.3, -0.25) is 4.79 Å². The van der Waals surface area contributed by atoms with Gasteiger partial charge in [-0.1, -0.05) is 23.7 Å². The molecular formula is C12H15Cl2NO2. The van der Waals surface area contributed by atoms with Crippen molar-refractivity contribution in [2.45, 2.75) is 18.9 Å². The Morgan fingerprint density at radius 2 is 2.29 bits per heavy atom. The fourth-order valence-corrected chi connectivity index (χ4v) is 2.36. The molecule has 2 atom stereocenters. The lowest BCUT2D eigenvalue weighted by Gasteiger charge is -2.08. The lowest BCUT2D eigenvalue weighted by molar-refractivity contribution is -0.139. The number of carboxylic acids is 1. The maximum absolute atomic E-state index is 10.8. The summed E-state index contributed by atoms with van der Waals surface area (Å²) in [5.41, 5.74) is 1.17. The molecule has 1 aliphatic rings. The van der Waals surface area contributed by atoms with E-state index in [0.29, 0.717) is 12.3 Å². The minimum Gasteiger partial charge on any atom is -0.480 e. The molecule has 0 saturated carbocycles. The van der Waals surface area contributed by atoms with Gasteiger partial charge in [0.2, 0.25) is 0 Å². The quantitative estimate of drug-likeness (QED) is 0.891. The number of carboxylic acid groups (broad SMARTS) is 1. The van der Waals surface area contributed by atoms with Crippen molar-refractivity contribution in [1.82, 2.24) is 5.32 Å². The minimum atomic E-state index is -0.756. The average molecular weight is 276 g/mol. The molecule has 0 bridgehead atoms. The van der Waals surface area contributed by atoms with Crippen molar-refractivity contribution in [3.63, 3.8) is 0 Å². The van der Waals surface area contributed by atoms with Crippen LogP contribution in [0.4, 0.5) is 0 Å². The molecule has 0 amide bonds. The summed E-state index contributed by atoms with van der Waals surface area (Å²) in [6.07, 6.45) is 1.58. The van der Waals surface area contributed by atoms with Gasteiger partial charge in [-0.05, 0) is 43.0 Å². The van der Waals surface area contributed by atoms with E-state index in [1.807, 2.05) is 24.3 Å². The first kappa shape index (κ1) is 14.3. The van der Waals surface area contributed by atoms with Crippen LogP contribution in [0.15, 0.2) is 24.3 Å². The van der Waals surface area contributed by atoms with Gasteiger partial charge in [-0.2, -0.15) is 0 Å². The first-order chi connectivity index (χ1) is 7.65. The number of carbonyl (C=O) groups is 1. The van der Waals surface area contributed by atoms with Crippen molar-refractivity contribution in [3.05, 3.63) is 34.9 Å². The Balaban J connectivity index is 0.00000144. The van der Waals surface area contributed by atoms with Crippen molar-refractivity contribution in [2.75, 3.05) is 6.54 Å². The summed E-state index contributed by atoms with van der Waals surface area (Å²) < 4.78 is 0. The van der Waals surface area contributed by atoms with Crippen LogP contribution in [0.25, 0.3) is 0 Å². The lowest BCUT2D eigenvalue weighted by Crippen LogP contribution is -2.29. The summed E-state index contributed by atoms with van der Waals surface area (Å²) in [5.74, 6) is -0.367. The molecule has 1 unspecified atom stereocenters. The van der Waals surface area contributed by atoms with E-state index >= 15 is 0 Å². The van der Waals surface area contributed by atoms with E-state index in [4.69, 9.17) is 16.7 Å². The molecule has 1 heterocycles. The molecule has 0 aromatic heterocycles. The zero-order valence-electron chi connectivity index (χ0n) is 9.23. The van der Waals surface area contributed by atoms with Crippen LogP contribution in [0.5, 0.6) is 0 Å². The predicted octanol–water partition coefficient (Wildman–Crippen LogP) is 2.37. The predicted molar refractivity (Wildman–Crippen MR) is 69.9 cm³/mol. The second-order valence-corrected chi connectivity index (χ2v) is 4.67.